The van der Waals surface area contributed by atoms with Gasteiger partial charge in [0.25, 0.3) is 0 Å². The van der Waals surface area contributed by atoms with Crippen molar-refractivity contribution in [3.8, 4) is 0 Å². The Kier molecular flexibility index (Phi) is 3.72. The Bertz CT molecular complexity index is 496. The van der Waals surface area contributed by atoms with Crippen LogP contribution in [0.15, 0.2) is 24.3 Å². The second kappa shape index (κ2) is 5.69. The van der Waals surface area contributed by atoms with E-state index < -0.39 is 0 Å². The SMILES string of the molecule is Fc1ccccc1CN1CCN([C@@H]2C[C@@H]3CC[C@@H]2C3)CC1. The number of hydrogen-bond acceptors (Lipinski definition) is 2. The van der Waals surface area contributed by atoms with E-state index in [2.05, 4.69) is 9.80 Å². The standard InChI is InChI=1S/C18H25FN2/c19-17-4-2-1-3-16(17)13-20-7-9-21(10-8-20)18-12-14-5-6-15(18)11-14/h1-4,14-15,18H,5-13H2/t14-,15-,18-/m1/s1. The molecule has 0 N–H and O–H groups in total. The molecule has 4 rings (SSSR count). The Balaban J connectivity index is 1.32. The number of nitrogens with zero attached hydrogens (tertiary/aromatic N) is 2. The smallest absolute Gasteiger partial charge is 0.127 e. The van der Waals surface area contributed by atoms with Gasteiger partial charge in [-0.05, 0) is 37.2 Å². The van der Waals surface area contributed by atoms with Crippen molar-refractivity contribution in [1.29, 1.82) is 0 Å². The Morgan fingerprint density at radius 1 is 1.00 bits per heavy atom. The van der Waals surface area contributed by atoms with E-state index in [0.29, 0.717) is 0 Å². The zero-order valence-electron chi connectivity index (χ0n) is 12.7. The Morgan fingerprint density at radius 2 is 1.81 bits per heavy atom. The number of halogens is 1. The molecule has 1 aliphatic heterocycles. The third-order valence-electron chi connectivity index (χ3n) is 5.93. The summed E-state index contributed by atoms with van der Waals surface area (Å²) in [7, 11) is 0. The number of fused-ring (bicyclic) bond motifs is 2. The molecular formula is C18H25FN2. The molecule has 2 aliphatic carbocycles. The van der Waals surface area contributed by atoms with Gasteiger partial charge in [-0.25, -0.2) is 4.39 Å². The van der Waals surface area contributed by atoms with Gasteiger partial charge in [0, 0.05) is 44.3 Å². The predicted molar refractivity (Wildman–Crippen MR) is 82.5 cm³/mol. The molecule has 1 aromatic carbocycles. The first-order valence-corrected chi connectivity index (χ1v) is 8.49. The molecule has 3 atom stereocenters. The number of piperazine rings is 1. The number of rotatable bonds is 3. The molecular weight excluding hydrogens is 263 g/mol. The van der Waals surface area contributed by atoms with E-state index in [0.717, 1.165) is 43.1 Å². The first-order valence-electron chi connectivity index (χ1n) is 8.49. The van der Waals surface area contributed by atoms with Crippen LogP contribution in [0.25, 0.3) is 0 Å². The van der Waals surface area contributed by atoms with Crippen molar-refractivity contribution in [2.24, 2.45) is 11.8 Å². The predicted octanol–water partition coefficient (Wildman–Crippen LogP) is 3.13. The van der Waals surface area contributed by atoms with Crippen LogP contribution >= 0.6 is 0 Å². The van der Waals surface area contributed by atoms with Crippen molar-refractivity contribution in [3.05, 3.63) is 35.6 Å². The van der Waals surface area contributed by atoms with E-state index in [1.807, 2.05) is 12.1 Å². The summed E-state index contributed by atoms with van der Waals surface area (Å²) in [5, 5.41) is 0. The molecule has 0 radical (unpaired) electrons. The molecule has 21 heavy (non-hydrogen) atoms. The average Bonchev–Trinajstić information content (AvgIpc) is 3.13. The van der Waals surface area contributed by atoms with Crippen LogP contribution in [0.2, 0.25) is 0 Å². The zero-order valence-corrected chi connectivity index (χ0v) is 12.7. The monoisotopic (exact) mass is 288 g/mol. The minimum atomic E-state index is -0.0620. The largest absolute Gasteiger partial charge is 0.298 e. The summed E-state index contributed by atoms with van der Waals surface area (Å²) in [5.74, 6) is 1.94. The second-order valence-electron chi connectivity index (χ2n) is 7.15. The maximum absolute atomic E-state index is 13.7. The molecule has 3 aliphatic rings. The van der Waals surface area contributed by atoms with Crippen LogP contribution in [0, 0.1) is 17.7 Å². The third kappa shape index (κ3) is 2.74. The molecule has 0 unspecified atom stereocenters. The van der Waals surface area contributed by atoms with Crippen molar-refractivity contribution >= 4 is 0 Å². The highest BCUT2D eigenvalue weighted by Gasteiger charge is 2.42. The van der Waals surface area contributed by atoms with Gasteiger partial charge in [-0.1, -0.05) is 24.6 Å². The van der Waals surface area contributed by atoms with Gasteiger partial charge in [0.1, 0.15) is 5.82 Å². The molecule has 1 saturated heterocycles. The highest BCUT2D eigenvalue weighted by Crippen LogP contribution is 2.46. The fourth-order valence-electron chi connectivity index (χ4n) is 4.78. The van der Waals surface area contributed by atoms with Crippen LogP contribution < -0.4 is 0 Å². The summed E-state index contributed by atoms with van der Waals surface area (Å²) in [6.45, 7) is 5.27. The van der Waals surface area contributed by atoms with Crippen LogP contribution in [-0.2, 0) is 6.54 Å². The first-order chi connectivity index (χ1) is 10.3. The minimum Gasteiger partial charge on any atom is -0.298 e. The fraction of sp³-hybridized carbons (Fsp3) is 0.667. The average molecular weight is 288 g/mol. The molecule has 2 saturated carbocycles. The van der Waals surface area contributed by atoms with E-state index in [4.69, 9.17) is 0 Å². The van der Waals surface area contributed by atoms with Crippen LogP contribution in [0.1, 0.15) is 31.2 Å². The zero-order chi connectivity index (χ0) is 14.2. The Morgan fingerprint density at radius 3 is 2.48 bits per heavy atom. The van der Waals surface area contributed by atoms with Crippen molar-refractivity contribution < 1.29 is 4.39 Å². The molecule has 1 heterocycles. The molecule has 3 fully saturated rings. The highest BCUT2D eigenvalue weighted by molar-refractivity contribution is 5.17. The first kappa shape index (κ1) is 13.7. The Hall–Kier alpha value is -0.930. The number of benzene rings is 1. The summed E-state index contributed by atoms with van der Waals surface area (Å²) >= 11 is 0. The van der Waals surface area contributed by atoms with E-state index in [9.17, 15) is 4.39 Å². The van der Waals surface area contributed by atoms with Gasteiger partial charge in [-0.15, -0.1) is 0 Å². The quantitative estimate of drug-likeness (QED) is 0.843. The molecule has 1 aromatic rings. The second-order valence-corrected chi connectivity index (χ2v) is 7.15. The van der Waals surface area contributed by atoms with Crippen LogP contribution in [0.3, 0.4) is 0 Å². The lowest BCUT2D eigenvalue weighted by Crippen LogP contribution is -2.51. The lowest BCUT2D eigenvalue weighted by molar-refractivity contribution is 0.0675. The molecule has 0 spiro atoms. The minimum absolute atomic E-state index is 0.0620. The topological polar surface area (TPSA) is 6.48 Å². The molecule has 2 nitrogen and oxygen atoms in total. The van der Waals surface area contributed by atoms with Crippen LogP contribution in [0.5, 0.6) is 0 Å². The van der Waals surface area contributed by atoms with Gasteiger partial charge < -0.3 is 0 Å². The molecule has 2 bridgehead atoms. The van der Waals surface area contributed by atoms with E-state index in [1.165, 1.54) is 38.8 Å². The summed E-state index contributed by atoms with van der Waals surface area (Å²) < 4.78 is 13.7. The van der Waals surface area contributed by atoms with Crippen molar-refractivity contribution in [2.75, 3.05) is 26.2 Å². The fourth-order valence-corrected chi connectivity index (χ4v) is 4.78. The van der Waals surface area contributed by atoms with Gasteiger partial charge >= 0.3 is 0 Å². The maximum atomic E-state index is 13.7. The van der Waals surface area contributed by atoms with Crippen LogP contribution in [0.4, 0.5) is 4.39 Å². The lowest BCUT2D eigenvalue weighted by Gasteiger charge is -2.41. The molecule has 0 amide bonds. The summed E-state index contributed by atoms with van der Waals surface area (Å²) in [5.41, 5.74) is 0.839. The van der Waals surface area contributed by atoms with Crippen LogP contribution in [-0.4, -0.2) is 42.0 Å². The highest BCUT2D eigenvalue weighted by atomic mass is 19.1. The summed E-state index contributed by atoms with van der Waals surface area (Å²) in [6, 6.07) is 8.05. The van der Waals surface area contributed by atoms with Gasteiger partial charge in [0.2, 0.25) is 0 Å². The molecule has 114 valence electrons. The van der Waals surface area contributed by atoms with Gasteiger partial charge in [0.15, 0.2) is 0 Å². The third-order valence-corrected chi connectivity index (χ3v) is 5.93. The van der Waals surface area contributed by atoms with Gasteiger partial charge in [-0.3, -0.25) is 9.80 Å². The van der Waals surface area contributed by atoms with Crippen molar-refractivity contribution in [3.63, 3.8) is 0 Å². The summed E-state index contributed by atoms with van der Waals surface area (Å²) in [6.07, 6.45) is 5.87. The normalized spacial score (nSPS) is 33.7. The van der Waals surface area contributed by atoms with Crippen molar-refractivity contribution in [1.82, 2.24) is 9.80 Å². The lowest BCUT2D eigenvalue weighted by atomic mass is 9.93. The number of hydrogen-bond donors (Lipinski definition) is 0. The Labute approximate surface area is 126 Å². The molecule has 3 heteroatoms. The van der Waals surface area contributed by atoms with Gasteiger partial charge in [0.05, 0.1) is 0 Å². The van der Waals surface area contributed by atoms with E-state index in [-0.39, 0.29) is 5.82 Å². The maximum Gasteiger partial charge on any atom is 0.127 e. The molecule has 0 aromatic heterocycles. The van der Waals surface area contributed by atoms with E-state index in [1.54, 1.807) is 12.1 Å². The summed E-state index contributed by atoms with van der Waals surface area (Å²) in [4.78, 5) is 5.13. The van der Waals surface area contributed by atoms with Crippen molar-refractivity contribution in [2.45, 2.75) is 38.3 Å². The van der Waals surface area contributed by atoms with Gasteiger partial charge in [-0.2, -0.15) is 0 Å². The van der Waals surface area contributed by atoms with E-state index >= 15 is 0 Å².